The molecule has 0 aromatic heterocycles. The molecule has 4 nitrogen and oxygen atoms in total. The second kappa shape index (κ2) is 6.55. The van der Waals surface area contributed by atoms with E-state index in [1.807, 2.05) is 13.8 Å². The summed E-state index contributed by atoms with van der Waals surface area (Å²) in [6.45, 7) is 4.58. The molecular weight excluding hydrogens is 308 g/mol. The van der Waals surface area contributed by atoms with Crippen LogP contribution in [-0.2, 0) is 10.0 Å². The molecule has 1 fully saturated rings. The monoisotopic (exact) mass is 330 g/mol. The summed E-state index contributed by atoms with van der Waals surface area (Å²) in [5.74, 6) is 0.271. The highest BCUT2D eigenvalue weighted by Crippen LogP contribution is 2.32. The van der Waals surface area contributed by atoms with Gasteiger partial charge in [-0.2, -0.15) is 4.31 Å². The van der Waals surface area contributed by atoms with E-state index in [0.717, 1.165) is 25.7 Å². The summed E-state index contributed by atoms with van der Waals surface area (Å²) in [7, 11) is -3.58. The second-order valence-electron chi connectivity index (χ2n) is 6.10. The zero-order chi connectivity index (χ0) is 15.6. The lowest BCUT2D eigenvalue weighted by Gasteiger charge is -2.30. The van der Waals surface area contributed by atoms with Crippen LogP contribution in [0.1, 0.15) is 39.5 Å². The Balaban J connectivity index is 2.40. The Morgan fingerprint density at radius 3 is 2.48 bits per heavy atom. The number of nitrogen functional groups attached to an aromatic ring is 1. The largest absolute Gasteiger partial charge is 0.399 e. The predicted molar refractivity (Wildman–Crippen MR) is 86.9 cm³/mol. The SMILES string of the molecule is CC(C)CN(C1CCCC1)S(=O)(=O)c1ccc(N)cc1Cl. The number of hydrogen-bond acceptors (Lipinski definition) is 3. The summed E-state index contributed by atoms with van der Waals surface area (Å²) in [6.07, 6.45) is 4.03. The van der Waals surface area contributed by atoms with Crippen LogP contribution < -0.4 is 5.73 Å². The lowest BCUT2D eigenvalue weighted by atomic mass is 10.2. The number of benzene rings is 1. The van der Waals surface area contributed by atoms with E-state index >= 15 is 0 Å². The molecule has 1 aliphatic rings. The summed E-state index contributed by atoms with van der Waals surface area (Å²) in [6, 6.07) is 4.68. The first kappa shape index (κ1) is 16.6. The first-order chi connectivity index (χ1) is 9.82. The van der Waals surface area contributed by atoms with Crippen molar-refractivity contribution in [3.63, 3.8) is 0 Å². The maximum absolute atomic E-state index is 13.0. The summed E-state index contributed by atoms with van der Waals surface area (Å²) >= 11 is 6.12. The van der Waals surface area contributed by atoms with Crippen LogP contribution in [0.3, 0.4) is 0 Å². The Bertz CT molecular complexity index is 596. The number of rotatable bonds is 5. The Morgan fingerprint density at radius 1 is 1.33 bits per heavy atom. The van der Waals surface area contributed by atoms with Crippen molar-refractivity contribution in [3.8, 4) is 0 Å². The number of anilines is 1. The average molecular weight is 331 g/mol. The highest BCUT2D eigenvalue weighted by Gasteiger charge is 2.34. The number of halogens is 1. The van der Waals surface area contributed by atoms with E-state index < -0.39 is 10.0 Å². The highest BCUT2D eigenvalue weighted by atomic mass is 35.5. The molecule has 0 atom stereocenters. The van der Waals surface area contributed by atoms with Crippen LogP contribution in [0, 0.1) is 5.92 Å². The highest BCUT2D eigenvalue weighted by molar-refractivity contribution is 7.89. The second-order valence-corrected chi connectivity index (χ2v) is 8.36. The third kappa shape index (κ3) is 3.71. The van der Waals surface area contributed by atoms with Gasteiger partial charge in [-0.25, -0.2) is 8.42 Å². The van der Waals surface area contributed by atoms with E-state index in [0.29, 0.717) is 12.2 Å². The van der Waals surface area contributed by atoms with Gasteiger partial charge in [-0.1, -0.05) is 38.3 Å². The van der Waals surface area contributed by atoms with E-state index in [-0.39, 0.29) is 21.9 Å². The van der Waals surface area contributed by atoms with Gasteiger partial charge in [0.25, 0.3) is 0 Å². The Hall–Kier alpha value is -0.780. The summed E-state index contributed by atoms with van der Waals surface area (Å²) < 4.78 is 27.6. The molecule has 0 bridgehead atoms. The fourth-order valence-corrected chi connectivity index (χ4v) is 5.23. The van der Waals surface area contributed by atoms with Gasteiger partial charge in [0, 0.05) is 18.3 Å². The minimum absolute atomic E-state index is 0.0889. The molecule has 0 unspecified atom stereocenters. The predicted octanol–water partition coefficient (Wildman–Crippen LogP) is 3.51. The van der Waals surface area contributed by atoms with Crippen molar-refractivity contribution in [3.05, 3.63) is 23.2 Å². The van der Waals surface area contributed by atoms with Crippen LogP contribution in [0.4, 0.5) is 5.69 Å². The van der Waals surface area contributed by atoms with Crippen molar-refractivity contribution in [2.24, 2.45) is 5.92 Å². The molecule has 1 saturated carbocycles. The standard InChI is InChI=1S/C15H23ClN2O2S/c1-11(2)10-18(13-5-3-4-6-13)21(19,20)15-8-7-12(17)9-14(15)16/h7-9,11,13H,3-6,10,17H2,1-2H3. The van der Waals surface area contributed by atoms with Crippen LogP contribution in [0.2, 0.25) is 5.02 Å². The Morgan fingerprint density at radius 2 is 1.95 bits per heavy atom. The molecular formula is C15H23ClN2O2S. The molecule has 0 heterocycles. The van der Waals surface area contributed by atoms with Crippen LogP contribution >= 0.6 is 11.6 Å². The molecule has 1 aromatic rings. The van der Waals surface area contributed by atoms with E-state index in [1.54, 1.807) is 10.4 Å². The van der Waals surface area contributed by atoms with E-state index in [2.05, 4.69) is 0 Å². The van der Waals surface area contributed by atoms with Crippen LogP contribution in [-0.4, -0.2) is 25.3 Å². The number of hydrogen-bond donors (Lipinski definition) is 1. The molecule has 1 aliphatic carbocycles. The lowest BCUT2D eigenvalue weighted by Crippen LogP contribution is -2.41. The minimum atomic E-state index is -3.58. The van der Waals surface area contributed by atoms with Crippen molar-refractivity contribution < 1.29 is 8.42 Å². The zero-order valence-corrected chi connectivity index (χ0v) is 14.1. The summed E-state index contributed by atoms with van der Waals surface area (Å²) in [5, 5.41) is 0.196. The molecule has 0 radical (unpaired) electrons. The molecule has 0 saturated heterocycles. The number of nitrogens with two attached hydrogens (primary N) is 1. The molecule has 21 heavy (non-hydrogen) atoms. The third-order valence-electron chi connectivity index (χ3n) is 3.82. The molecule has 118 valence electrons. The third-order valence-corrected chi connectivity index (χ3v) is 6.22. The van der Waals surface area contributed by atoms with Gasteiger partial charge in [0.15, 0.2) is 0 Å². The molecule has 0 aliphatic heterocycles. The van der Waals surface area contributed by atoms with Crippen LogP contribution in [0.25, 0.3) is 0 Å². The van der Waals surface area contributed by atoms with Gasteiger partial charge in [-0.05, 0) is 37.0 Å². The van der Waals surface area contributed by atoms with Crippen molar-refractivity contribution in [2.75, 3.05) is 12.3 Å². The number of sulfonamides is 1. The lowest BCUT2D eigenvalue weighted by molar-refractivity contribution is 0.292. The van der Waals surface area contributed by atoms with Crippen molar-refractivity contribution in [1.82, 2.24) is 4.31 Å². The van der Waals surface area contributed by atoms with Gasteiger partial charge in [0.2, 0.25) is 10.0 Å². The molecule has 6 heteroatoms. The van der Waals surface area contributed by atoms with E-state index in [9.17, 15) is 8.42 Å². The van der Waals surface area contributed by atoms with E-state index in [4.69, 9.17) is 17.3 Å². The normalized spacial score (nSPS) is 17.0. The van der Waals surface area contributed by atoms with Gasteiger partial charge in [-0.15, -0.1) is 0 Å². The van der Waals surface area contributed by atoms with Crippen molar-refractivity contribution >= 4 is 27.3 Å². The number of nitrogens with zero attached hydrogens (tertiary/aromatic N) is 1. The van der Waals surface area contributed by atoms with Gasteiger partial charge in [0.1, 0.15) is 4.90 Å². The van der Waals surface area contributed by atoms with E-state index in [1.165, 1.54) is 12.1 Å². The van der Waals surface area contributed by atoms with Crippen LogP contribution in [0.5, 0.6) is 0 Å². The molecule has 2 N–H and O–H groups in total. The fraction of sp³-hybridized carbons (Fsp3) is 0.600. The van der Waals surface area contributed by atoms with Crippen molar-refractivity contribution in [2.45, 2.75) is 50.5 Å². The Labute approximate surface area is 132 Å². The van der Waals surface area contributed by atoms with Gasteiger partial charge in [0.05, 0.1) is 5.02 Å². The molecule has 1 aromatic carbocycles. The topological polar surface area (TPSA) is 63.4 Å². The average Bonchev–Trinajstić information content (AvgIpc) is 2.88. The smallest absolute Gasteiger partial charge is 0.244 e. The zero-order valence-electron chi connectivity index (χ0n) is 12.5. The quantitative estimate of drug-likeness (QED) is 0.840. The fourth-order valence-electron chi connectivity index (χ4n) is 2.85. The minimum Gasteiger partial charge on any atom is -0.399 e. The molecule has 2 rings (SSSR count). The first-order valence-electron chi connectivity index (χ1n) is 7.39. The maximum atomic E-state index is 13.0. The van der Waals surface area contributed by atoms with Gasteiger partial charge in [-0.3, -0.25) is 0 Å². The van der Waals surface area contributed by atoms with Gasteiger partial charge < -0.3 is 5.73 Å². The summed E-state index contributed by atoms with van der Waals surface area (Å²) in [4.78, 5) is 0.158. The first-order valence-corrected chi connectivity index (χ1v) is 9.21. The maximum Gasteiger partial charge on any atom is 0.244 e. The van der Waals surface area contributed by atoms with Crippen molar-refractivity contribution in [1.29, 1.82) is 0 Å². The molecule has 0 spiro atoms. The molecule has 0 amide bonds. The van der Waals surface area contributed by atoms with Crippen LogP contribution in [0.15, 0.2) is 23.1 Å². The Kier molecular flexibility index (Phi) is 5.17. The van der Waals surface area contributed by atoms with Gasteiger partial charge >= 0.3 is 0 Å². The summed E-state index contributed by atoms with van der Waals surface area (Å²) in [5.41, 5.74) is 6.12.